The lowest BCUT2D eigenvalue weighted by molar-refractivity contribution is -0.132. The summed E-state index contributed by atoms with van der Waals surface area (Å²) in [7, 11) is 0. The monoisotopic (exact) mass is 348 g/mol. The molecule has 1 aliphatic heterocycles. The zero-order valence-electron chi connectivity index (χ0n) is 15.4. The fourth-order valence-corrected chi connectivity index (χ4v) is 4.40. The van der Waals surface area contributed by atoms with Gasteiger partial charge in [0, 0.05) is 42.7 Å². The van der Waals surface area contributed by atoms with Crippen molar-refractivity contribution in [1.82, 2.24) is 9.80 Å². The predicted octanol–water partition coefficient (Wildman–Crippen LogP) is 4.14. The highest BCUT2D eigenvalue weighted by molar-refractivity contribution is 7.99. The molecule has 0 spiro atoms. The Bertz CT molecular complexity index is 492. The van der Waals surface area contributed by atoms with Gasteiger partial charge in [-0.15, -0.1) is 11.8 Å². The van der Waals surface area contributed by atoms with Gasteiger partial charge in [0.1, 0.15) is 0 Å². The van der Waals surface area contributed by atoms with Crippen LogP contribution in [0.25, 0.3) is 0 Å². The van der Waals surface area contributed by atoms with E-state index in [1.54, 1.807) is 0 Å². The summed E-state index contributed by atoms with van der Waals surface area (Å²) in [6, 6.07) is 10.9. The minimum atomic E-state index is 0.337. The molecule has 1 aromatic carbocycles. The van der Waals surface area contributed by atoms with E-state index in [2.05, 4.69) is 60.9 Å². The first-order valence-electron chi connectivity index (χ1n) is 9.29. The number of nitrogens with zero attached hydrogens (tertiary/aromatic N) is 2. The fraction of sp³-hybridized carbons (Fsp3) is 0.650. The standard InChI is InChI=1S/C20H32N2OS/c1-4-11-21-12-10-20(23)22(14-13-21)18(15-17(2)3)16-24-19-8-6-5-7-9-19/h5-9,17-18H,4,10-16H2,1-3H3/t18-/m0/s1. The highest BCUT2D eigenvalue weighted by Crippen LogP contribution is 2.24. The van der Waals surface area contributed by atoms with Crippen molar-refractivity contribution < 1.29 is 4.79 Å². The van der Waals surface area contributed by atoms with Crippen LogP contribution < -0.4 is 0 Å². The van der Waals surface area contributed by atoms with Gasteiger partial charge in [0.15, 0.2) is 0 Å². The quantitative estimate of drug-likeness (QED) is 0.660. The number of benzene rings is 1. The molecule has 0 saturated carbocycles. The first-order chi connectivity index (χ1) is 11.6. The summed E-state index contributed by atoms with van der Waals surface area (Å²) in [4.78, 5) is 18.6. The largest absolute Gasteiger partial charge is 0.338 e. The van der Waals surface area contributed by atoms with Crippen LogP contribution in [0, 0.1) is 5.92 Å². The van der Waals surface area contributed by atoms with Crippen molar-refractivity contribution in [1.29, 1.82) is 0 Å². The smallest absolute Gasteiger partial charge is 0.224 e. The molecule has 0 unspecified atom stereocenters. The maximum Gasteiger partial charge on any atom is 0.224 e. The zero-order chi connectivity index (χ0) is 17.4. The molecule has 1 saturated heterocycles. The molecule has 4 heteroatoms. The Hall–Kier alpha value is -1.00. The van der Waals surface area contributed by atoms with E-state index >= 15 is 0 Å². The minimum Gasteiger partial charge on any atom is -0.338 e. The molecule has 1 aromatic rings. The Balaban J connectivity index is 2.01. The van der Waals surface area contributed by atoms with E-state index < -0.39 is 0 Å². The third kappa shape index (κ3) is 6.14. The van der Waals surface area contributed by atoms with Crippen LogP contribution in [-0.2, 0) is 4.79 Å². The summed E-state index contributed by atoms with van der Waals surface area (Å²) >= 11 is 1.88. The summed E-state index contributed by atoms with van der Waals surface area (Å²) in [6.07, 6.45) is 2.91. The number of hydrogen-bond acceptors (Lipinski definition) is 3. The van der Waals surface area contributed by atoms with E-state index in [1.807, 2.05) is 11.8 Å². The van der Waals surface area contributed by atoms with Crippen LogP contribution >= 0.6 is 11.8 Å². The Morgan fingerprint density at radius 1 is 1.12 bits per heavy atom. The van der Waals surface area contributed by atoms with Crippen molar-refractivity contribution in [2.75, 3.05) is 31.9 Å². The summed E-state index contributed by atoms with van der Waals surface area (Å²) < 4.78 is 0. The van der Waals surface area contributed by atoms with E-state index in [4.69, 9.17) is 0 Å². The molecule has 1 fully saturated rings. The van der Waals surface area contributed by atoms with Gasteiger partial charge in [-0.3, -0.25) is 4.79 Å². The number of rotatable bonds is 8. The van der Waals surface area contributed by atoms with Gasteiger partial charge in [0.2, 0.25) is 5.91 Å². The SMILES string of the molecule is CCCN1CCC(=O)N([C@H](CSc2ccccc2)CC(C)C)CC1. The first kappa shape index (κ1) is 19.3. The molecule has 3 nitrogen and oxygen atoms in total. The molecule has 1 heterocycles. The van der Waals surface area contributed by atoms with E-state index in [1.165, 1.54) is 4.90 Å². The van der Waals surface area contributed by atoms with Crippen LogP contribution in [0.1, 0.15) is 40.0 Å². The van der Waals surface area contributed by atoms with Crippen molar-refractivity contribution in [2.45, 2.75) is 51.0 Å². The van der Waals surface area contributed by atoms with Gasteiger partial charge in [-0.25, -0.2) is 0 Å². The molecule has 1 atom stereocenters. The Kier molecular flexibility index (Phi) is 8.13. The second-order valence-corrected chi connectivity index (χ2v) is 8.18. The molecular weight excluding hydrogens is 316 g/mol. The number of hydrogen-bond donors (Lipinski definition) is 0. The molecule has 134 valence electrons. The van der Waals surface area contributed by atoms with E-state index in [-0.39, 0.29) is 0 Å². The molecule has 2 rings (SSSR count). The second-order valence-electron chi connectivity index (χ2n) is 7.09. The molecule has 24 heavy (non-hydrogen) atoms. The third-order valence-corrected chi connectivity index (χ3v) is 5.69. The van der Waals surface area contributed by atoms with Crippen molar-refractivity contribution in [3.63, 3.8) is 0 Å². The van der Waals surface area contributed by atoms with E-state index in [0.717, 1.165) is 44.8 Å². The number of carbonyl (C=O) groups is 1. The van der Waals surface area contributed by atoms with Crippen LogP contribution in [0.15, 0.2) is 35.2 Å². The average Bonchev–Trinajstić information content (AvgIpc) is 2.75. The van der Waals surface area contributed by atoms with Gasteiger partial charge >= 0.3 is 0 Å². The lowest BCUT2D eigenvalue weighted by Gasteiger charge is -2.32. The predicted molar refractivity (Wildman–Crippen MR) is 103 cm³/mol. The van der Waals surface area contributed by atoms with Gasteiger partial charge < -0.3 is 9.80 Å². The Labute approximate surface area is 151 Å². The van der Waals surface area contributed by atoms with Gasteiger partial charge in [-0.05, 0) is 37.4 Å². The van der Waals surface area contributed by atoms with E-state index in [9.17, 15) is 4.79 Å². The topological polar surface area (TPSA) is 23.6 Å². The van der Waals surface area contributed by atoms with Crippen LogP contribution in [0.2, 0.25) is 0 Å². The van der Waals surface area contributed by atoms with Crippen LogP contribution in [0.5, 0.6) is 0 Å². The maximum atomic E-state index is 12.7. The molecule has 1 aliphatic rings. The Morgan fingerprint density at radius 2 is 1.88 bits per heavy atom. The molecule has 0 bridgehead atoms. The van der Waals surface area contributed by atoms with Crippen molar-refractivity contribution in [3.05, 3.63) is 30.3 Å². The molecule has 1 amide bonds. The summed E-state index contributed by atoms with van der Waals surface area (Å²) in [5, 5.41) is 0. The van der Waals surface area contributed by atoms with Gasteiger partial charge in [-0.2, -0.15) is 0 Å². The van der Waals surface area contributed by atoms with E-state index in [0.29, 0.717) is 24.3 Å². The van der Waals surface area contributed by atoms with Crippen molar-refractivity contribution in [2.24, 2.45) is 5.92 Å². The van der Waals surface area contributed by atoms with Gasteiger partial charge in [0.05, 0.1) is 0 Å². The fourth-order valence-electron chi connectivity index (χ4n) is 3.35. The second kappa shape index (κ2) is 10.1. The van der Waals surface area contributed by atoms with Gasteiger partial charge in [0.25, 0.3) is 0 Å². The Morgan fingerprint density at radius 3 is 2.54 bits per heavy atom. The minimum absolute atomic E-state index is 0.337. The van der Waals surface area contributed by atoms with Crippen LogP contribution in [0.3, 0.4) is 0 Å². The lowest BCUT2D eigenvalue weighted by Crippen LogP contribution is -2.43. The number of amides is 1. The third-order valence-electron chi connectivity index (χ3n) is 4.53. The van der Waals surface area contributed by atoms with Crippen molar-refractivity contribution >= 4 is 17.7 Å². The summed E-state index contributed by atoms with van der Waals surface area (Å²) in [5.74, 6) is 1.93. The van der Waals surface area contributed by atoms with Gasteiger partial charge in [-0.1, -0.05) is 39.0 Å². The molecular formula is C20H32N2OS. The number of carbonyl (C=O) groups excluding carboxylic acids is 1. The molecule has 0 radical (unpaired) electrons. The highest BCUT2D eigenvalue weighted by Gasteiger charge is 2.27. The molecule has 0 aromatic heterocycles. The molecule has 0 N–H and O–H groups in total. The lowest BCUT2D eigenvalue weighted by atomic mass is 10.0. The van der Waals surface area contributed by atoms with Crippen LogP contribution in [-0.4, -0.2) is 53.7 Å². The number of thioether (sulfide) groups is 1. The molecule has 0 aliphatic carbocycles. The van der Waals surface area contributed by atoms with Crippen molar-refractivity contribution in [3.8, 4) is 0 Å². The first-order valence-corrected chi connectivity index (χ1v) is 10.3. The summed E-state index contributed by atoms with van der Waals surface area (Å²) in [6.45, 7) is 10.6. The summed E-state index contributed by atoms with van der Waals surface area (Å²) in [5.41, 5.74) is 0. The highest BCUT2D eigenvalue weighted by atomic mass is 32.2. The zero-order valence-corrected chi connectivity index (χ0v) is 16.2. The van der Waals surface area contributed by atoms with Crippen LogP contribution in [0.4, 0.5) is 0 Å². The normalized spacial score (nSPS) is 18.0. The average molecular weight is 349 g/mol. The maximum absolute atomic E-state index is 12.7.